The van der Waals surface area contributed by atoms with Crippen LogP contribution in [0.1, 0.15) is 32.8 Å². The van der Waals surface area contributed by atoms with E-state index in [-0.39, 0.29) is 0 Å². The van der Waals surface area contributed by atoms with Crippen LogP contribution in [0.2, 0.25) is 0 Å². The maximum absolute atomic E-state index is 3.62. The molecular formula is C19H25N. The first kappa shape index (κ1) is 13.6. The first-order chi connectivity index (χ1) is 9.61. The molecule has 1 fully saturated rings. The van der Waals surface area contributed by atoms with Crippen molar-refractivity contribution in [3.05, 3.63) is 48.0 Å². The molecule has 1 saturated carbocycles. The lowest BCUT2D eigenvalue weighted by atomic mass is 9.90. The van der Waals surface area contributed by atoms with Gasteiger partial charge in [0.1, 0.15) is 0 Å². The Balaban J connectivity index is 1.79. The van der Waals surface area contributed by atoms with E-state index in [2.05, 4.69) is 68.6 Å². The molecule has 3 rings (SSSR count). The molecule has 0 aromatic heterocycles. The standard InChI is InChI=1S/C19H25N/c1-14(2)12-20-13-16-11-19(16,3)18-10-6-8-15-7-4-5-9-17(15)18/h4-10,14,16,20H,11-13H2,1-3H3. The van der Waals surface area contributed by atoms with Crippen molar-refractivity contribution in [3.63, 3.8) is 0 Å². The van der Waals surface area contributed by atoms with Crippen LogP contribution >= 0.6 is 0 Å². The Hall–Kier alpha value is -1.34. The van der Waals surface area contributed by atoms with Gasteiger partial charge in [-0.3, -0.25) is 0 Å². The zero-order valence-corrected chi connectivity index (χ0v) is 12.8. The molecule has 2 unspecified atom stereocenters. The number of benzene rings is 2. The third kappa shape index (κ3) is 2.47. The van der Waals surface area contributed by atoms with E-state index in [1.807, 2.05) is 0 Å². The molecule has 0 aliphatic heterocycles. The van der Waals surface area contributed by atoms with Crippen LogP contribution in [0.5, 0.6) is 0 Å². The Morgan fingerprint density at radius 3 is 2.70 bits per heavy atom. The van der Waals surface area contributed by atoms with E-state index in [4.69, 9.17) is 0 Å². The first-order valence-corrected chi connectivity index (χ1v) is 7.80. The van der Waals surface area contributed by atoms with Crippen LogP contribution in [-0.4, -0.2) is 13.1 Å². The zero-order chi connectivity index (χ0) is 14.2. The van der Waals surface area contributed by atoms with Gasteiger partial charge < -0.3 is 5.32 Å². The Morgan fingerprint density at radius 1 is 1.15 bits per heavy atom. The Kier molecular flexibility index (Phi) is 3.55. The number of fused-ring (bicyclic) bond motifs is 1. The van der Waals surface area contributed by atoms with Gasteiger partial charge in [0.25, 0.3) is 0 Å². The van der Waals surface area contributed by atoms with Crippen LogP contribution in [0.25, 0.3) is 10.8 Å². The van der Waals surface area contributed by atoms with Gasteiger partial charge in [-0.25, -0.2) is 0 Å². The summed E-state index contributed by atoms with van der Waals surface area (Å²) in [5.74, 6) is 1.52. The SMILES string of the molecule is CC(C)CNCC1CC1(C)c1cccc2ccccc12. The van der Waals surface area contributed by atoms with E-state index >= 15 is 0 Å². The lowest BCUT2D eigenvalue weighted by Crippen LogP contribution is -2.24. The Labute approximate surface area is 122 Å². The topological polar surface area (TPSA) is 12.0 Å². The molecule has 1 heteroatoms. The summed E-state index contributed by atoms with van der Waals surface area (Å²) in [6, 6.07) is 15.5. The summed E-state index contributed by atoms with van der Waals surface area (Å²) in [5.41, 5.74) is 1.90. The average Bonchev–Trinajstić information content (AvgIpc) is 3.10. The van der Waals surface area contributed by atoms with E-state index in [9.17, 15) is 0 Å². The highest BCUT2D eigenvalue weighted by molar-refractivity contribution is 5.87. The molecule has 0 spiro atoms. The van der Waals surface area contributed by atoms with Gasteiger partial charge in [-0.1, -0.05) is 63.2 Å². The van der Waals surface area contributed by atoms with Crippen LogP contribution in [0.4, 0.5) is 0 Å². The second kappa shape index (κ2) is 5.21. The molecule has 0 radical (unpaired) electrons. The molecule has 0 amide bonds. The Bertz CT molecular complexity index is 596. The highest BCUT2D eigenvalue weighted by Crippen LogP contribution is 2.55. The molecule has 1 aliphatic rings. The third-order valence-electron chi connectivity index (χ3n) is 4.76. The van der Waals surface area contributed by atoms with Crippen molar-refractivity contribution in [2.75, 3.05) is 13.1 Å². The fourth-order valence-corrected chi connectivity index (χ4v) is 3.35. The smallest absolute Gasteiger partial charge is 0.00117 e. The van der Waals surface area contributed by atoms with Crippen molar-refractivity contribution in [3.8, 4) is 0 Å². The fraction of sp³-hybridized carbons (Fsp3) is 0.474. The molecule has 2 atom stereocenters. The molecule has 1 aliphatic carbocycles. The maximum Gasteiger partial charge on any atom is -0.00117 e. The van der Waals surface area contributed by atoms with Gasteiger partial charge in [0.2, 0.25) is 0 Å². The third-order valence-corrected chi connectivity index (χ3v) is 4.76. The van der Waals surface area contributed by atoms with E-state index < -0.39 is 0 Å². The average molecular weight is 267 g/mol. The van der Waals surface area contributed by atoms with E-state index in [1.165, 1.54) is 22.8 Å². The summed E-state index contributed by atoms with van der Waals surface area (Å²) in [6.07, 6.45) is 1.31. The highest BCUT2D eigenvalue weighted by atomic mass is 14.9. The van der Waals surface area contributed by atoms with Gasteiger partial charge in [-0.2, -0.15) is 0 Å². The van der Waals surface area contributed by atoms with Crippen LogP contribution in [-0.2, 0) is 5.41 Å². The maximum atomic E-state index is 3.62. The number of rotatable bonds is 5. The molecule has 2 aromatic carbocycles. The van der Waals surface area contributed by atoms with Crippen molar-refractivity contribution in [2.24, 2.45) is 11.8 Å². The Morgan fingerprint density at radius 2 is 1.90 bits per heavy atom. The van der Waals surface area contributed by atoms with Crippen molar-refractivity contribution in [1.82, 2.24) is 5.32 Å². The molecule has 20 heavy (non-hydrogen) atoms. The van der Waals surface area contributed by atoms with E-state index in [0.717, 1.165) is 24.9 Å². The first-order valence-electron chi connectivity index (χ1n) is 7.80. The molecule has 0 heterocycles. The van der Waals surface area contributed by atoms with Crippen molar-refractivity contribution in [2.45, 2.75) is 32.6 Å². The summed E-state index contributed by atoms with van der Waals surface area (Å²) >= 11 is 0. The van der Waals surface area contributed by atoms with Crippen LogP contribution in [0, 0.1) is 11.8 Å². The van der Waals surface area contributed by atoms with E-state index in [1.54, 1.807) is 0 Å². The molecular weight excluding hydrogens is 242 g/mol. The summed E-state index contributed by atoms with van der Waals surface area (Å²) in [5, 5.41) is 6.42. The molecule has 1 N–H and O–H groups in total. The monoisotopic (exact) mass is 267 g/mol. The summed E-state index contributed by atoms with van der Waals surface area (Å²) in [4.78, 5) is 0. The normalized spacial score (nSPS) is 25.3. The summed E-state index contributed by atoms with van der Waals surface area (Å²) in [7, 11) is 0. The zero-order valence-electron chi connectivity index (χ0n) is 12.8. The molecule has 106 valence electrons. The van der Waals surface area contributed by atoms with Gasteiger partial charge >= 0.3 is 0 Å². The lowest BCUT2D eigenvalue weighted by molar-refractivity contribution is 0.516. The highest BCUT2D eigenvalue weighted by Gasteiger charge is 2.51. The minimum absolute atomic E-state index is 0.366. The van der Waals surface area contributed by atoms with Crippen molar-refractivity contribution in [1.29, 1.82) is 0 Å². The molecule has 0 saturated heterocycles. The number of hydrogen-bond donors (Lipinski definition) is 1. The molecule has 1 nitrogen and oxygen atoms in total. The van der Waals surface area contributed by atoms with Crippen LogP contribution in [0.3, 0.4) is 0 Å². The van der Waals surface area contributed by atoms with Crippen molar-refractivity contribution < 1.29 is 0 Å². The summed E-state index contributed by atoms with van der Waals surface area (Å²) in [6.45, 7) is 9.24. The predicted octanol–water partition coefficient (Wildman–Crippen LogP) is 4.36. The second-order valence-corrected chi connectivity index (χ2v) is 6.90. The van der Waals surface area contributed by atoms with E-state index in [0.29, 0.717) is 5.41 Å². The minimum atomic E-state index is 0.366. The molecule has 2 aromatic rings. The summed E-state index contributed by atoms with van der Waals surface area (Å²) < 4.78 is 0. The minimum Gasteiger partial charge on any atom is -0.316 e. The van der Waals surface area contributed by atoms with Gasteiger partial charge in [0.05, 0.1) is 0 Å². The quantitative estimate of drug-likeness (QED) is 0.848. The van der Waals surface area contributed by atoms with Gasteiger partial charge in [0.15, 0.2) is 0 Å². The largest absolute Gasteiger partial charge is 0.316 e. The van der Waals surface area contributed by atoms with Gasteiger partial charge in [0, 0.05) is 0 Å². The number of nitrogens with one attached hydrogen (secondary N) is 1. The van der Waals surface area contributed by atoms with Gasteiger partial charge in [-0.15, -0.1) is 0 Å². The van der Waals surface area contributed by atoms with Gasteiger partial charge in [-0.05, 0) is 53.1 Å². The van der Waals surface area contributed by atoms with Crippen LogP contribution in [0.15, 0.2) is 42.5 Å². The molecule has 0 bridgehead atoms. The van der Waals surface area contributed by atoms with Crippen molar-refractivity contribution >= 4 is 10.8 Å². The second-order valence-electron chi connectivity index (χ2n) is 6.90. The van der Waals surface area contributed by atoms with Crippen LogP contribution < -0.4 is 5.32 Å². The predicted molar refractivity (Wildman–Crippen MR) is 87.1 cm³/mol. The fourth-order valence-electron chi connectivity index (χ4n) is 3.35. The number of hydrogen-bond acceptors (Lipinski definition) is 1. The lowest BCUT2D eigenvalue weighted by Gasteiger charge is -2.16.